The highest BCUT2D eigenvalue weighted by molar-refractivity contribution is 7.92. The Bertz CT molecular complexity index is 1410. The van der Waals surface area contributed by atoms with Crippen LogP contribution in [0.15, 0.2) is 77.7 Å². The minimum atomic E-state index is -4.15. The Kier molecular flexibility index (Phi) is 10.8. The van der Waals surface area contributed by atoms with Crippen molar-refractivity contribution in [1.29, 1.82) is 0 Å². The average molecular weight is 584 g/mol. The van der Waals surface area contributed by atoms with E-state index in [0.717, 1.165) is 21.9 Å². The normalized spacial score (nSPS) is 12.8. The second-order valence-electron chi connectivity index (χ2n) is 10.0. The fraction of sp³-hybridized carbons (Fsp3) is 0.355. The molecule has 0 aliphatic heterocycles. The first-order valence-corrected chi connectivity index (χ1v) is 15.3. The van der Waals surface area contributed by atoms with E-state index in [1.165, 1.54) is 29.2 Å². The maximum Gasteiger partial charge on any atom is 0.264 e. The SMILES string of the molecule is CC[C@@H](C)NC(=O)[C@H](CC)N(Cc1ccc(C)cc1)C(=O)CN(c1ccccc1C)S(=O)(=O)c1ccc(Cl)cc1. The molecule has 2 amide bonds. The van der Waals surface area contributed by atoms with Crippen molar-refractivity contribution >= 4 is 39.1 Å². The molecule has 214 valence electrons. The number of anilines is 1. The van der Waals surface area contributed by atoms with Gasteiger partial charge < -0.3 is 10.2 Å². The molecule has 0 fully saturated rings. The van der Waals surface area contributed by atoms with Crippen molar-refractivity contribution in [2.75, 3.05) is 10.8 Å². The average Bonchev–Trinajstić information content (AvgIpc) is 2.93. The van der Waals surface area contributed by atoms with Gasteiger partial charge in [-0.2, -0.15) is 0 Å². The van der Waals surface area contributed by atoms with Crippen LogP contribution in [-0.4, -0.2) is 43.8 Å². The molecule has 9 heteroatoms. The van der Waals surface area contributed by atoms with Crippen LogP contribution in [0.3, 0.4) is 0 Å². The Labute approximate surface area is 243 Å². The van der Waals surface area contributed by atoms with E-state index >= 15 is 0 Å². The molecule has 7 nitrogen and oxygen atoms in total. The number of hydrogen-bond acceptors (Lipinski definition) is 4. The summed E-state index contributed by atoms with van der Waals surface area (Å²) >= 11 is 6.02. The van der Waals surface area contributed by atoms with Gasteiger partial charge in [-0.05, 0) is 75.1 Å². The quantitative estimate of drug-likeness (QED) is 0.289. The van der Waals surface area contributed by atoms with E-state index in [-0.39, 0.29) is 23.4 Å². The van der Waals surface area contributed by atoms with E-state index in [0.29, 0.717) is 22.7 Å². The third-order valence-electron chi connectivity index (χ3n) is 6.93. The molecule has 0 spiro atoms. The molecule has 0 saturated carbocycles. The van der Waals surface area contributed by atoms with Crippen molar-refractivity contribution in [2.24, 2.45) is 0 Å². The van der Waals surface area contributed by atoms with Gasteiger partial charge in [-0.3, -0.25) is 13.9 Å². The third-order valence-corrected chi connectivity index (χ3v) is 8.95. The van der Waals surface area contributed by atoms with E-state index in [2.05, 4.69) is 5.32 Å². The molecule has 40 heavy (non-hydrogen) atoms. The van der Waals surface area contributed by atoms with Crippen LogP contribution in [0.4, 0.5) is 5.69 Å². The summed E-state index contributed by atoms with van der Waals surface area (Å²) in [6.07, 6.45) is 1.11. The molecular weight excluding hydrogens is 546 g/mol. The minimum Gasteiger partial charge on any atom is -0.352 e. The standard InChI is InChI=1S/C31H38ClN3O4S/c1-6-24(5)33-31(37)28(7-2)34(20-25-14-12-22(3)13-15-25)30(36)21-35(29-11-9-8-10-23(29)4)40(38,39)27-18-16-26(32)17-19-27/h8-19,24,28H,6-7,20-21H2,1-5H3,(H,33,37)/t24-,28+/m1/s1. The summed E-state index contributed by atoms with van der Waals surface area (Å²) in [5, 5.41) is 3.39. The molecule has 0 aliphatic carbocycles. The van der Waals surface area contributed by atoms with Crippen LogP contribution >= 0.6 is 11.6 Å². The zero-order valence-corrected chi connectivity index (χ0v) is 25.3. The smallest absolute Gasteiger partial charge is 0.264 e. The zero-order chi connectivity index (χ0) is 29.4. The zero-order valence-electron chi connectivity index (χ0n) is 23.7. The highest BCUT2D eigenvalue weighted by Gasteiger charge is 2.34. The molecule has 0 bridgehead atoms. The summed E-state index contributed by atoms with van der Waals surface area (Å²) in [5.74, 6) is -0.743. The summed E-state index contributed by atoms with van der Waals surface area (Å²) in [6, 6.07) is 19.7. The Balaban J connectivity index is 2.06. The largest absolute Gasteiger partial charge is 0.352 e. The van der Waals surface area contributed by atoms with E-state index in [1.807, 2.05) is 58.0 Å². The minimum absolute atomic E-state index is 0.0135. The van der Waals surface area contributed by atoms with Gasteiger partial charge in [0.2, 0.25) is 11.8 Å². The van der Waals surface area contributed by atoms with E-state index in [9.17, 15) is 18.0 Å². The van der Waals surface area contributed by atoms with Gasteiger partial charge in [-0.25, -0.2) is 8.42 Å². The van der Waals surface area contributed by atoms with Gasteiger partial charge in [0.1, 0.15) is 12.6 Å². The van der Waals surface area contributed by atoms with E-state index in [4.69, 9.17) is 11.6 Å². The van der Waals surface area contributed by atoms with Crippen LogP contribution in [0.1, 0.15) is 50.3 Å². The molecule has 3 aromatic carbocycles. The number of nitrogens with zero attached hydrogens (tertiary/aromatic N) is 2. The topological polar surface area (TPSA) is 86.8 Å². The summed E-state index contributed by atoms with van der Waals surface area (Å²) in [4.78, 5) is 29.0. The van der Waals surface area contributed by atoms with Crippen LogP contribution in [0.2, 0.25) is 5.02 Å². The lowest BCUT2D eigenvalue weighted by atomic mass is 10.1. The number of carbonyl (C=O) groups is 2. The molecule has 2 atom stereocenters. The number of para-hydroxylation sites is 1. The molecule has 0 unspecified atom stereocenters. The van der Waals surface area contributed by atoms with E-state index < -0.39 is 28.5 Å². The summed E-state index contributed by atoms with van der Waals surface area (Å²) in [7, 11) is -4.15. The first-order valence-electron chi connectivity index (χ1n) is 13.5. The molecule has 0 aromatic heterocycles. The van der Waals surface area contributed by atoms with Crippen molar-refractivity contribution in [2.45, 2.75) is 71.0 Å². The first kappa shape index (κ1) is 31.2. The molecule has 0 saturated heterocycles. The predicted octanol–water partition coefficient (Wildman–Crippen LogP) is 5.87. The van der Waals surface area contributed by atoms with Crippen LogP contribution in [-0.2, 0) is 26.2 Å². The monoisotopic (exact) mass is 583 g/mol. The van der Waals surface area contributed by atoms with Crippen molar-refractivity contribution in [3.8, 4) is 0 Å². The molecule has 0 radical (unpaired) electrons. The number of sulfonamides is 1. The Morgan fingerprint density at radius 1 is 0.900 bits per heavy atom. The molecule has 3 rings (SSSR count). The molecule has 0 aliphatic rings. The number of nitrogens with one attached hydrogen (secondary N) is 1. The highest BCUT2D eigenvalue weighted by atomic mass is 35.5. The first-order chi connectivity index (χ1) is 19.0. The Hall–Kier alpha value is -3.36. The highest BCUT2D eigenvalue weighted by Crippen LogP contribution is 2.28. The van der Waals surface area contributed by atoms with Gasteiger partial charge in [0, 0.05) is 17.6 Å². The Morgan fingerprint density at radius 3 is 2.10 bits per heavy atom. The van der Waals surface area contributed by atoms with Crippen LogP contribution < -0.4 is 9.62 Å². The predicted molar refractivity (Wildman–Crippen MR) is 161 cm³/mol. The molecule has 0 heterocycles. The lowest BCUT2D eigenvalue weighted by Gasteiger charge is -2.34. The van der Waals surface area contributed by atoms with Gasteiger partial charge in [-0.15, -0.1) is 0 Å². The van der Waals surface area contributed by atoms with Crippen molar-refractivity contribution in [1.82, 2.24) is 10.2 Å². The third kappa shape index (κ3) is 7.64. The number of aryl methyl sites for hydroxylation is 2. The Morgan fingerprint density at radius 2 is 1.52 bits per heavy atom. The summed E-state index contributed by atoms with van der Waals surface area (Å²) in [6.45, 7) is 9.19. The van der Waals surface area contributed by atoms with Crippen molar-refractivity contribution in [3.63, 3.8) is 0 Å². The lowest BCUT2D eigenvalue weighted by Crippen LogP contribution is -2.53. The molecule has 3 aromatic rings. The van der Waals surface area contributed by atoms with Gasteiger partial charge >= 0.3 is 0 Å². The number of benzene rings is 3. The van der Waals surface area contributed by atoms with Crippen LogP contribution in [0.25, 0.3) is 0 Å². The van der Waals surface area contributed by atoms with Gasteiger partial charge in [0.15, 0.2) is 0 Å². The number of halogens is 1. The maximum absolute atomic E-state index is 14.1. The van der Waals surface area contributed by atoms with Crippen molar-refractivity contribution in [3.05, 3.63) is 94.5 Å². The van der Waals surface area contributed by atoms with E-state index in [1.54, 1.807) is 25.1 Å². The molecular formula is C31H38ClN3O4S. The van der Waals surface area contributed by atoms with Gasteiger partial charge in [0.25, 0.3) is 10.0 Å². The number of hydrogen-bond donors (Lipinski definition) is 1. The summed E-state index contributed by atoms with van der Waals surface area (Å²) < 4.78 is 29.0. The number of amides is 2. The van der Waals surface area contributed by atoms with Gasteiger partial charge in [0.05, 0.1) is 10.6 Å². The number of rotatable bonds is 12. The fourth-order valence-electron chi connectivity index (χ4n) is 4.34. The second kappa shape index (κ2) is 13.8. The van der Waals surface area contributed by atoms with Crippen LogP contribution in [0.5, 0.6) is 0 Å². The van der Waals surface area contributed by atoms with Crippen LogP contribution in [0, 0.1) is 13.8 Å². The lowest BCUT2D eigenvalue weighted by molar-refractivity contribution is -0.140. The molecule has 1 N–H and O–H groups in total. The fourth-order valence-corrected chi connectivity index (χ4v) is 5.95. The number of carbonyl (C=O) groups excluding carboxylic acids is 2. The summed E-state index contributed by atoms with van der Waals surface area (Å²) in [5.41, 5.74) is 3.00. The second-order valence-corrected chi connectivity index (χ2v) is 12.3. The van der Waals surface area contributed by atoms with Crippen molar-refractivity contribution < 1.29 is 18.0 Å². The maximum atomic E-state index is 14.1. The van der Waals surface area contributed by atoms with Gasteiger partial charge in [-0.1, -0.05) is 73.5 Å².